The Balaban J connectivity index is 1.52. The smallest absolute Gasteiger partial charge is 0.410 e. The van der Waals surface area contributed by atoms with Gasteiger partial charge in [0.1, 0.15) is 11.9 Å². The number of nitrogens with zero attached hydrogens (tertiary/aromatic N) is 4. The summed E-state index contributed by atoms with van der Waals surface area (Å²) < 4.78 is 11.0. The molecule has 1 amide bonds. The Hall–Kier alpha value is -4.01. The van der Waals surface area contributed by atoms with Gasteiger partial charge in [-0.25, -0.2) is 19.7 Å². The minimum atomic E-state index is -0.518. The number of aromatic nitrogens is 3. The molecule has 34 heavy (non-hydrogen) atoms. The van der Waals surface area contributed by atoms with Crippen molar-refractivity contribution in [2.45, 2.75) is 32.8 Å². The lowest BCUT2D eigenvalue weighted by atomic mass is 10.2. The fourth-order valence-electron chi connectivity index (χ4n) is 2.93. The average molecular weight is 464 g/mol. The van der Waals surface area contributed by atoms with Gasteiger partial charge in [0.05, 0.1) is 12.3 Å². The lowest BCUT2D eigenvalue weighted by molar-refractivity contribution is 0.0292. The van der Waals surface area contributed by atoms with E-state index in [1.165, 1.54) is 4.90 Å². The van der Waals surface area contributed by atoms with Crippen LogP contribution in [0.25, 0.3) is 11.3 Å². The Morgan fingerprint density at radius 1 is 1.15 bits per heavy atom. The second-order valence-corrected chi connectivity index (χ2v) is 8.62. The van der Waals surface area contributed by atoms with Crippen molar-refractivity contribution in [3.05, 3.63) is 60.4 Å². The molecule has 2 aromatic heterocycles. The highest BCUT2D eigenvalue weighted by molar-refractivity contribution is 5.77. The maximum Gasteiger partial charge on any atom is 0.410 e. The van der Waals surface area contributed by atoms with Crippen molar-refractivity contribution in [3.63, 3.8) is 0 Å². The molecule has 0 fully saturated rings. The van der Waals surface area contributed by atoms with Crippen LogP contribution in [0.1, 0.15) is 37.6 Å². The monoisotopic (exact) mass is 463 g/mol. The van der Waals surface area contributed by atoms with Crippen molar-refractivity contribution in [3.8, 4) is 17.1 Å². The number of nitrogens with one attached hydrogen (secondary N) is 1. The van der Waals surface area contributed by atoms with Gasteiger partial charge in [-0.3, -0.25) is 4.79 Å². The van der Waals surface area contributed by atoms with Crippen LogP contribution in [0.5, 0.6) is 5.88 Å². The number of pyridine rings is 1. The molecule has 9 heteroatoms. The maximum atomic E-state index is 12.0. The van der Waals surface area contributed by atoms with E-state index in [-0.39, 0.29) is 6.09 Å². The first-order chi connectivity index (χ1) is 16.2. The molecule has 9 nitrogen and oxygen atoms in total. The molecule has 0 unspecified atom stereocenters. The van der Waals surface area contributed by atoms with Gasteiger partial charge in [0.15, 0.2) is 0 Å². The van der Waals surface area contributed by atoms with Gasteiger partial charge in [-0.05, 0) is 51.5 Å². The van der Waals surface area contributed by atoms with E-state index in [0.29, 0.717) is 42.7 Å². The van der Waals surface area contributed by atoms with E-state index in [1.54, 1.807) is 49.8 Å². The fraction of sp³-hybridized carbons (Fsp3) is 0.320. The summed E-state index contributed by atoms with van der Waals surface area (Å²) in [5.41, 5.74) is 2.28. The van der Waals surface area contributed by atoms with Crippen LogP contribution < -0.4 is 10.1 Å². The van der Waals surface area contributed by atoms with Gasteiger partial charge < -0.3 is 19.7 Å². The van der Waals surface area contributed by atoms with Crippen molar-refractivity contribution >= 4 is 24.0 Å². The van der Waals surface area contributed by atoms with E-state index in [9.17, 15) is 9.59 Å². The summed E-state index contributed by atoms with van der Waals surface area (Å²) >= 11 is 0. The first-order valence-corrected chi connectivity index (χ1v) is 10.9. The summed E-state index contributed by atoms with van der Waals surface area (Å²) in [5, 5.41) is 3.10. The third-order valence-electron chi connectivity index (χ3n) is 4.56. The van der Waals surface area contributed by atoms with Crippen LogP contribution in [0.2, 0.25) is 0 Å². The molecule has 0 bridgehead atoms. The first-order valence-electron chi connectivity index (χ1n) is 10.9. The average Bonchev–Trinajstić information content (AvgIpc) is 2.81. The van der Waals surface area contributed by atoms with Crippen molar-refractivity contribution in [2.24, 2.45) is 0 Å². The van der Waals surface area contributed by atoms with E-state index in [2.05, 4.69) is 20.3 Å². The normalized spacial score (nSPS) is 10.9. The fourth-order valence-corrected chi connectivity index (χ4v) is 2.93. The van der Waals surface area contributed by atoms with Crippen LogP contribution in [0.4, 0.5) is 16.4 Å². The molecule has 0 aliphatic carbocycles. The second-order valence-electron chi connectivity index (χ2n) is 8.62. The number of hydrogen-bond donors (Lipinski definition) is 1. The van der Waals surface area contributed by atoms with Gasteiger partial charge in [-0.15, -0.1) is 0 Å². The minimum Gasteiger partial charge on any atom is -0.478 e. The number of amides is 1. The van der Waals surface area contributed by atoms with Crippen molar-refractivity contribution in [1.29, 1.82) is 0 Å². The van der Waals surface area contributed by atoms with Gasteiger partial charge in [0.25, 0.3) is 0 Å². The summed E-state index contributed by atoms with van der Waals surface area (Å²) in [7, 11) is 1.70. The van der Waals surface area contributed by atoms with Gasteiger partial charge in [-0.1, -0.05) is 12.1 Å². The molecule has 1 N–H and O–H groups in total. The number of anilines is 2. The van der Waals surface area contributed by atoms with Crippen LogP contribution in [0.3, 0.4) is 0 Å². The molecule has 0 aliphatic heterocycles. The molecule has 178 valence electrons. The predicted molar refractivity (Wildman–Crippen MR) is 129 cm³/mol. The molecule has 0 saturated carbocycles. The van der Waals surface area contributed by atoms with E-state index >= 15 is 0 Å². The number of carbonyl (C=O) groups is 2. The van der Waals surface area contributed by atoms with Crippen LogP contribution in [-0.4, -0.2) is 58.0 Å². The third kappa shape index (κ3) is 7.54. The summed E-state index contributed by atoms with van der Waals surface area (Å²) in [6.45, 7) is 6.44. The molecule has 0 aliphatic rings. The number of carbonyl (C=O) groups excluding carboxylic acids is 2. The van der Waals surface area contributed by atoms with E-state index in [0.717, 1.165) is 17.5 Å². The maximum absolute atomic E-state index is 12.0. The molecule has 1 aromatic carbocycles. The van der Waals surface area contributed by atoms with Gasteiger partial charge in [0, 0.05) is 48.9 Å². The number of hydrogen-bond acceptors (Lipinski definition) is 8. The molecular formula is C25H29N5O4. The zero-order chi connectivity index (χ0) is 24.6. The van der Waals surface area contributed by atoms with Crippen LogP contribution in [0, 0.1) is 0 Å². The van der Waals surface area contributed by atoms with Crippen LogP contribution in [-0.2, 0) is 4.74 Å². The van der Waals surface area contributed by atoms with Crippen LogP contribution in [0.15, 0.2) is 54.9 Å². The lowest BCUT2D eigenvalue weighted by Crippen LogP contribution is -2.35. The SMILES string of the molecule is CN(CCCOc1ccc(-c2ccnc(Nc3cccc(C=O)c3)n2)cn1)C(=O)OC(C)(C)C. The van der Waals surface area contributed by atoms with Crippen LogP contribution >= 0.6 is 0 Å². The number of aldehydes is 1. The Labute approximate surface area is 199 Å². The molecule has 0 saturated heterocycles. The molecule has 0 radical (unpaired) electrons. The lowest BCUT2D eigenvalue weighted by Gasteiger charge is -2.24. The van der Waals surface area contributed by atoms with Crippen molar-refractivity contribution in [2.75, 3.05) is 25.5 Å². The number of rotatable bonds is 9. The standard InChI is InChI=1S/C25H29N5O4/c1-25(2,3)34-24(32)30(4)13-6-14-33-22-10-9-19(16-27-22)21-11-12-26-23(29-21)28-20-8-5-7-18(15-20)17-31/h5,7-12,15-17H,6,13-14H2,1-4H3,(H,26,28,29). The second kappa shape index (κ2) is 11.2. The highest BCUT2D eigenvalue weighted by atomic mass is 16.6. The number of ether oxygens (including phenoxy) is 2. The summed E-state index contributed by atoms with van der Waals surface area (Å²) in [5.74, 6) is 0.900. The Morgan fingerprint density at radius 3 is 2.68 bits per heavy atom. The highest BCUT2D eigenvalue weighted by Crippen LogP contribution is 2.21. The van der Waals surface area contributed by atoms with Gasteiger partial charge in [0.2, 0.25) is 11.8 Å². The van der Waals surface area contributed by atoms with Gasteiger partial charge in [-0.2, -0.15) is 0 Å². The van der Waals surface area contributed by atoms with E-state index < -0.39 is 5.60 Å². The van der Waals surface area contributed by atoms with E-state index in [1.807, 2.05) is 32.9 Å². The first kappa shape index (κ1) is 24.6. The highest BCUT2D eigenvalue weighted by Gasteiger charge is 2.19. The molecule has 2 heterocycles. The summed E-state index contributed by atoms with van der Waals surface area (Å²) in [6.07, 6.45) is 4.41. The van der Waals surface area contributed by atoms with Crippen molar-refractivity contribution in [1.82, 2.24) is 19.9 Å². The summed E-state index contributed by atoms with van der Waals surface area (Å²) in [6, 6.07) is 12.5. The zero-order valence-corrected chi connectivity index (χ0v) is 19.8. The molecule has 3 aromatic rings. The van der Waals surface area contributed by atoms with Crippen molar-refractivity contribution < 1.29 is 19.1 Å². The minimum absolute atomic E-state index is 0.356. The Kier molecular flexibility index (Phi) is 8.13. The molecular weight excluding hydrogens is 434 g/mol. The summed E-state index contributed by atoms with van der Waals surface area (Å²) in [4.78, 5) is 37.6. The Morgan fingerprint density at radius 2 is 1.97 bits per heavy atom. The number of benzene rings is 1. The molecule has 3 rings (SSSR count). The van der Waals surface area contributed by atoms with E-state index in [4.69, 9.17) is 9.47 Å². The third-order valence-corrected chi connectivity index (χ3v) is 4.56. The predicted octanol–water partition coefficient (Wildman–Crippen LogP) is 4.73. The largest absolute Gasteiger partial charge is 0.478 e. The topological polar surface area (TPSA) is 107 Å². The zero-order valence-electron chi connectivity index (χ0n) is 19.8. The van der Waals surface area contributed by atoms with Gasteiger partial charge >= 0.3 is 6.09 Å². The molecule has 0 spiro atoms. The molecule has 0 atom stereocenters. The quantitative estimate of drug-likeness (QED) is 0.359. The Bertz CT molecular complexity index is 1110.